The van der Waals surface area contributed by atoms with Crippen molar-refractivity contribution in [2.24, 2.45) is 0 Å². The summed E-state index contributed by atoms with van der Waals surface area (Å²) in [4.78, 5) is 144. The summed E-state index contributed by atoms with van der Waals surface area (Å²) in [5, 5.41) is 50.5. The number of hydrogen-bond acceptors (Lipinski definition) is 23. The monoisotopic (exact) mass is 1870 g/mol. The van der Waals surface area contributed by atoms with Crippen LogP contribution in [0.4, 0.5) is 4.39 Å². The van der Waals surface area contributed by atoms with Gasteiger partial charge in [-0.05, 0) is 221 Å². The van der Waals surface area contributed by atoms with Gasteiger partial charge >= 0.3 is 0 Å². The molecule has 0 saturated carbocycles. The number of carbonyl (C=O) groups excluding carboxylic acids is 5. The predicted molar refractivity (Wildman–Crippen MR) is 522 cm³/mol. The molecule has 0 spiro atoms. The van der Waals surface area contributed by atoms with Crippen molar-refractivity contribution < 1.29 is 63.6 Å². The van der Waals surface area contributed by atoms with Crippen LogP contribution in [-0.2, 0) is 26.2 Å². The van der Waals surface area contributed by atoms with Gasteiger partial charge in [0.05, 0.1) is 112 Å². The van der Waals surface area contributed by atoms with Gasteiger partial charge in [-0.15, -0.1) is 11.3 Å². The molecule has 0 fully saturated rings. The topological polar surface area (TPSA) is 403 Å². The molecule has 7 N–H and O–H groups in total. The lowest BCUT2D eigenvalue weighted by atomic mass is 9.96. The van der Waals surface area contributed by atoms with Gasteiger partial charge in [0.1, 0.15) is 43.7 Å². The molecule has 2 amide bonds. The fourth-order valence-corrected chi connectivity index (χ4v) is 15.5. The number of aryl methyl sites for hydroxylation is 2. The van der Waals surface area contributed by atoms with Gasteiger partial charge in [-0.25, -0.2) is 40.3 Å². The van der Waals surface area contributed by atoms with Gasteiger partial charge in [-0.3, -0.25) is 81.2 Å². The number of Topliss-reactive ketones (excluding diaryl/α,β-unsaturated/α-hetero) is 3. The number of thiazole rings is 1. The number of ether oxygens (including phenoxy) is 2. The second-order valence-corrected chi connectivity index (χ2v) is 33.0. The summed E-state index contributed by atoms with van der Waals surface area (Å²) in [6, 6.07) is 79.3. The first kappa shape index (κ1) is 96.7. The van der Waals surface area contributed by atoms with E-state index in [0.29, 0.717) is 128 Å². The summed E-state index contributed by atoms with van der Waals surface area (Å²) < 4.78 is 32.1. The Hall–Kier alpha value is -16.4. The lowest BCUT2D eigenvalue weighted by Crippen LogP contribution is -2.24. The number of rotatable bonds is 26. The Kier molecular flexibility index (Phi) is 32.0. The zero-order valence-corrected chi connectivity index (χ0v) is 75.4. The van der Waals surface area contributed by atoms with Gasteiger partial charge in [-0.2, -0.15) is 0 Å². The summed E-state index contributed by atoms with van der Waals surface area (Å²) in [7, 11) is 0. The van der Waals surface area contributed by atoms with Crippen molar-refractivity contribution >= 4 is 106 Å². The van der Waals surface area contributed by atoms with Crippen LogP contribution in [0.2, 0.25) is 5.02 Å². The number of hydroxylamine groups is 2. The number of ketones is 3. The van der Waals surface area contributed by atoms with Gasteiger partial charge in [0, 0.05) is 61.9 Å². The summed E-state index contributed by atoms with van der Waals surface area (Å²) in [5.74, 6) is -1.02. The molecule has 0 unspecified atom stereocenters. The molecule has 0 aliphatic carbocycles. The largest absolute Gasteiger partial charge is 0.493 e. The van der Waals surface area contributed by atoms with Crippen LogP contribution in [0.5, 0.6) is 11.5 Å². The first-order valence-corrected chi connectivity index (χ1v) is 44.2. The number of aromatic nitrogens is 10. The number of aliphatic hydroxyl groups excluding tert-OH is 3. The molecule has 0 saturated heterocycles. The van der Waals surface area contributed by atoms with Crippen LogP contribution in [0.1, 0.15) is 99.7 Å². The zero-order chi connectivity index (χ0) is 96.8. The predicted octanol–water partition coefficient (Wildman–Crippen LogP) is 15.7. The van der Waals surface area contributed by atoms with E-state index in [1.165, 1.54) is 104 Å². The molecule has 6 heterocycles. The smallest absolute Gasteiger partial charge is 0.274 e. The molecule has 0 bridgehead atoms. The molecular formula is C105H88ClFN12O17S. The second kappa shape index (κ2) is 45.4. The van der Waals surface area contributed by atoms with E-state index in [0.717, 1.165) is 61.1 Å². The fourth-order valence-electron chi connectivity index (χ4n) is 14.8. The number of carbonyl (C=O) groups is 5. The Bertz CT molecular complexity index is 7860. The van der Waals surface area contributed by atoms with Crippen molar-refractivity contribution in [3.8, 4) is 50.7 Å². The standard InChI is InChI=1S/C26H24N2O3.C23H17FN2O3.C23H21N3O4S.C17H15N3O4.C16H11ClN2O3/c1-17(2)19-6-4-8-21(12-19)20-7-3-5-18(11-20)14-28-16-27-24-10-9-22(25(30)15-29)13-23(24)26(28)31;24-19-7-4-16(5-8-19)17-3-1-2-15(10-17)12-26-14-25-21-9-6-18(22(28)13-27)11-20(21)23(26)29;1-15-25-20(13-31-15)17-5-2-3-6-22(17)30-10-4-9-26-14-24-19-8-7-16(21(28)12-27)11-18(19)23(26)29;21-16(19-23)12-6-7-15-14(10-12)17(22)20(11-18-15)8-9-24-13-4-2-1-3-5-13;17-12-2-1-3-13(9-12)19-7-6-10-4-5-11(15(20)18-22)8-14(10)16(19)21/h3-13,16-17,29H,14-15H2,1-2H3;1-11,14,27H,12-13H2;2-3,5-8,11,13-14,27H,4,9-10,12H2,1H3;1-7,10-11,23H,8-9H2,(H,19,21);1-9,22H,(H,18,20). The van der Waals surface area contributed by atoms with Crippen molar-refractivity contribution in [2.45, 2.75) is 59.3 Å². The van der Waals surface area contributed by atoms with Crippen LogP contribution in [0.3, 0.4) is 0 Å². The normalized spacial score (nSPS) is 10.9. The van der Waals surface area contributed by atoms with Gasteiger partial charge in [0.15, 0.2) is 17.3 Å². The molecule has 29 nitrogen and oxygen atoms in total. The maximum absolute atomic E-state index is 13.2. The highest BCUT2D eigenvalue weighted by molar-refractivity contribution is 7.09. The molecule has 18 aromatic rings. The Labute approximate surface area is 789 Å². The van der Waals surface area contributed by atoms with Crippen molar-refractivity contribution in [1.29, 1.82) is 0 Å². The SMILES string of the molecule is CC(C)c1cccc(-c2cccc(Cn3cnc4ccc(C(=O)CO)cc4c3=O)c2)c1.Cc1nc(-c2ccccc2OCCCn2cnc3ccc(C(=O)CO)cc3c2=O)cs1.O=C(CO)c1ccc2ncn(Cc3cccc(-c4ccc(F)cc4)c3)c(=O)c2c1.O=C(NO)c1ccc2ccn(-c3cccc(Cl)c3)c(=O)c2c1.O=C(NO)c1ccc2ncn(CCOc3ccccc3)c(=O)c2c1. The first-order chi connectivity index (χ1) is 66.3. The Morgan fingerprint density at radius 3 is 1.41 bits per heavy atom. The van der Waals surface area contributed by atoms with E-state index in [2.05, 4.69) is 75.2 Å². The number of pyridine rings is 1. The molecule has 12 aromatic carbocycles. The number of benzene rings is 12. The zero-order valence-electron chi connectivity index (χ0n) is 73.9. The second-order valence-electron chi connectivity index (χ2n) is 31.5. The van der Waals surface area contributed by atoms with E-state index in [1.54, 1.807) is 124 Å². The Balaban J connectivity index is 0.000000138. The van der Waals surface area contributed by atoms with E-state index in [1.807, 2.05) is 103 Å². The molecule has 0 atom stereocenters. The quantitative estimate of drug-likeness (QED) is 0.0115. The number of amides is 2. The minimum absolute atomic E-state index is 0.183. The van der Waals surface area contributed by atoms with E-state index in [-0.39, 0.29) is 50.3 Å². The number of para-hydroxylation sites is 2. The van der Waals surface area contributed by atoms with Crippen molar-refractivity contribution in [2.75, 3.05) is 33.0 Å². The lowest BCUT2D eigenvalue weighted by molar-refractivity contribution is 0.0702. The third kappa shape index (κ3) is 24.0. The van der Waals surface area contributed by atoms with E-state index < -0.39 is 49.0 Å². The van der Waals surface area contributed by atoms with Crippen LogP contribution in [-0.4, -0.2) is 136 Å². The average Bonchev–Trinajstić information content (AvgIpc) is 0.901. The molecule has 137 heavy (non-hydrogen) atoms. The van der Waals surface area contributed by atoms with Crippen LogP contribution < -0.4 is 48.2 Å². The number of nitrogens with zero attached hydrogens (tertiary/aromatic N) is 10. The molecule has 0 radical (unpaired) electrons. The molecular weight excluding hydrogens is 1790 g/mol. The van der Waals surface area contributed by atoms with Gasteiger partial charge in [0.25, 0.3) is 39.6 Å². The third-order valence-electron chi connectivity index (χ3n) is 22.0. The molecule has 18 rings (SSSR count). The lowest BCUT2D eigenvalue weighted by Gasteiger charge is -2.11. The van der Waals surface area contributed by atoms with Crippen LogP contribution >= 0.6 is 22.9 Å². The van der Waals surface area contributed by atoms with Crippen LogP contribution in [0.15, 0.2) is 334 Å². The Morgan fingerprint density at radius 2 is 0.898 bits per heavy atom. The summed E-state index contributed by atoms with van der Waals surface area (Å²) in [6.45, 7) is 6.68. The highest BCUT2D eigenvalue weighted by Crippen LogP contribution is 2.32. The van der Waals surface area contributed by atoms with E-state index >= 15 is 0 Å². The maximum atomic E-state index is 13.2. The minimum atomic E-state index is -0.681. The number of nitrogens with one attached hydrogen (secondary N) is 2. The summed E-state index contributed by atoms with van der Waals surface area (Å²) >= 11 is 7.55. The third-order valence-corrected chi connectivity index (χ3v) is 23.0. The van der Waals surface area contributed by atoms with Crippen LogP contribution in [0.25, 0.3) is 93.6 Å². The molecule has 0 aliphatic rings. The van der Waals surface area contributed by atoms with Gasteiger partial charge in [-0.1, -0.05) is 141 Å². The molecule has 6 aromatic heterocycles. The van der Waals surface area contributed by atoms with Crippen molar-refractivity contribution in [1.82, 2.24) is 58.7 Å². The average molecular weight is 1880 g/mol. The molecule has 0 aliphatic heterocycles. The molecule has 690 valence electrons. The number of hydrogen-bond donors (Lipinski definition) is 7. The van der Waals surface area contributed by atoms with Gasteiger partial charge in [0.2, 0.25) is 0 Å². The minimum Gasteiger partial charge on any atom is -0.493 e. The summed E-state index contributed by atoms with van der Waals surface area (Å²) in [6.07, 6.45) is 8.22. The number of halogens is 2. The maximum Gasteiger partial charge on any atom is 0.274 e. The highest BCUT2D eigenvalue weighted by atomic mass is 35.5. The summed E-state index contributed by atoms with van der Waals surface area (Å²) in [5.41, 5.74) is 14.8. The van der Waals surface area contributed by atoms with E-state index in [9.17, 15) is 52.3 Å². The number of aliphatic hydroxyl groups is 3. The Morgan fingerprint density at radius 1 is 0.438 bits per heavy atom. The van der Waals surface area contributed by atoms with Gasteiger partial charge < -0.3 is 24.8 Å². The van der Waals surface area contributed by atoms with E-state index in [4.69, 9.17) is 46.8 Å². The fraction of sp³-hybridized carbons (Fsp3) is 0.133. The van der Waals surface area contributed by atoms with Crippen molar-refractivity contribution in [3.05, 3.63) is 422 Å². The first-order valence-electron chi connectivity index (χ1n) is 42.9. The number of fused-ring (bicyclic) bond motifs is 5. The highest BCUT2D eigenvalue weighted by Gasteiger charge is 2.19. The van der Waals surface area contributed by atoms with Crippen molar-refractivity contribution in [3.63, 3.8) is 0 Å². The molecule has 32 heteroatoms. The van der Waals surface area contributed by atoms with Crippen LogP contribution in [0, 0.1) is 12.7 Å².